The molecule has 212 valence electrons. The zero-order chi connectivity index (χ0) is 28.0. The maximum Gasteiger partial charge on any atom is 0.200 e. The van der Waals surface area contributed by atoms with Gasteiger partial charge in [0.15, 0.2) is 11.5 Å². The number of piperidine rings is 2. The van der Waals surface area contributed by atoms with Gasteiger partial charge in [-0.25, -0.2) is 4.98 Å². The number of aromatic nitrogens is 1. The van der Waals surface area contributed by atoms with Crippen LogP contribution >= 0.6 is 39.5 Å². The summed E-state index contributed by atoms with van der Waals surface area (Å²) in [6.07, 6.45) is 8.33. The molecule has 2 saturated heterocycles. The first kappa shape index (κ1) is 31.3. The molecule has 0 radical (unpaired) electrons. The van der Waals surface area contributed by atoms with E-state index in [1.54, 1.807) is 11.3 Å². The maximum atomic E-state index is 12.1. The Hall–Kier alpha value is -1.20. The summed E-state index contributed by atoms with van der Waals surface area (Å²) < 4.78 is 0.649. The number of fused-ring (bicyclic) bond motifs is 1. The first-order valence-electron chi connectivity index (χ1n) is 13.8. The number of halogens is 1. The fourth-order valence-electron chi connectivity index (χ4n) is 5.13. The number of carbonyl (C=O) groups is 2. The quantitative estimate of drug-likeness (QED) is 0.416. The van der Waals surface area contributed by atoms with E-state index < -0.39 is 0 Å². The zero-order valence-corrected chi connectivity index (χ0v) is 26.4. The van der Waals surface area contributed by atoms with E-state index in [0.717, 1.165) is 70.4 Å². The summed E-state index contributed by atoms with van der Waals surface area (Å²) in [5, 5.41) is 10.3. The number of nitrogens with two attached hydrogens (primary N) is 1. The molecule has 1 aromatic rings. The van der Waals surface area contributed by atoms with Gasteiger partial charge in [0.2, 0.25) is 5.78 Å². The summed E-state index contributed by atoms with van der Waals surface area (Å²) in [4.78, 5) is 34.4. The molecule has 5 rings (SSSR count). The Bertz CT molecular complexity index is 1030. The van der Waals surface area contributed by atoms with E-state index in [4.69, 9.17) is 23.1 Å². The molecule has 2 aliphatic heterocycles. The Labute approximate surface area is 245 Å². The summed E-state index contributed by atoms with van der Waals surface area (Å²) in [6.45, 7) is 8.44. The number of likely N-dealkylation sites (tertiary alicyclic amines) is 2. The standard InChI is InChI=1S/C14H20N2OS.C7H9BrO2.C7H14N2S/c1-9-3-4-11-12(13(9)17)15-14(18-11)10-5-7-16(2)8-6-10;1-4-2-3-5(8)7(10)6(4)9;1-9-4-2-6(3-5-9)7(8)10/h9-10H,3-8H2,1-2H3;4,10H,2-3H2,1H3;6H,2-5H2,1H3,(H2,8,10). The summed E-state index contributed by atoms with van der Waals surface area (Å²) >= 11 is 9.84. The van der Waals surface area contributed by atoms with E-state index in [2.05, 4.69) is 44.8 Å². The minimum absolute atomic E-state index is 0.0127. The van der Waals surface area contributed by atoms with Crippen molar-refractivity contribution < 1.29 is 14.7 Å². The molecule has 2 aliphatic carbocycles. The minimum atomic E-state index is -0.141. The number of aliphatic hydroxyl groups is 1. The topological polar surface area (TPSA) is 99.8 Å². The van der Waals surface area contributed by atoms with Gasteiger partial charge < -0.3 is 20.6 Å². The van der Waals surface area contributed by atoms with Crippen molar-refractivity contribution >= 4 is 56.0 Å². The molecule has 0 bridgehead atoms. The lowest BCUT2D eigenvalue weighted by atomic mass is 9.91. The van der Waals surface area contributed by atoms with Gasteiger partial charge in [0.1, 0.15) is 5.69 Å². The van der Waals surface area contributed by atoms with Gasteiger partial charge in [0.25, 0.3) is 0 Å². The first-order chi connectivity index (χ1) is 18.0. The molecular formula is C28H43BrN4O3S2. The van der Waals surface area contributed by atoms with E-state index in [9.17, 15) is 9.59 Å². The van der Waals surface area contributed by atoms with Crippen LogP contribution in [0.1, 0.15) is 85.1 Å². The molecule has 2 fully saturated rings. The lowest BCUT2D eigenvalue weighted by Crippen LogP contribution is -2.35. The second kappa shape index (κ2) is 14.4. The molecule has 0 spiro atoms. The molecule has 38 heavy (non-hydrogen) atoms. The van der Waals surface area contributed by atoms with Crippen LogP contribution in [-0.4, -0.2) is 76.7 Å². The Morgan fingerprint density at radius 3 is 2.03 bits per heavy atom. The number of Topliss-reactive ketones (excluding diaryl/α,β-unsaturated/α-hetero) is 2. The molecule has 0 amide bonds. The van der Waals surface area contributed by atoms with E-state index in [-0.39, 0.29) is 29.2 Å². The van der Waals surface area contributed by atoms with Crippen molar-refractivity contribution in [2.45, 2.75) is 71.1 Å². The number of thiocarbonyl (C=S) groups is 1. The second-order valence-electron chi connectivity index (χ2n) is 11.2. The Morgan fingerprint density at radius 2 is 1.47 bits per heavy atom. The largest absolute Gasteiger partial charge is 0.504 e. The molecule has 3 heterocycles. The lowest BCUT2D eigenvalue weighted by Gasteiger charge is -2.27. The minimum Gasteiger partial charge on any atom is -0.504 e. The SMILES string of the molecule is CC1CCC(Br)=C(O)C1=O.CC1CCc2sc(C3CCN(C)CC3)nc2C1=O.CN1CCC(C(N)=S)CC1. The van der Waals surface area contributed by atoms with E-state index in [1.165, 1.54) is 22.7 Å². The third-order valence-corrected chi connectivity index (χ3v) is 10.5. The van der Waals surface area contributed by atoms with E-state index >= 15 is 0 Å². The van der Waals surface area contributed by atoms with Crippen molar-refractivity contribution in [3.05, 3.63) is 25.8 Å². The van der Waals surface area contributed by atoms with Crippen molar-refractivity contribution in [3.8, 4) is 0 Å². The molecule has 3 N–H and O–H groups in total. The molecule has 7 nitrogen and oxygen atoms in total. The third kappa shape index (κ3) is 8.40. The number of carbonyl (C=O) groups excluding carboxylic acids is 2. The Balaban J connectivity index is 0.000000171. The van der Waals surface area contributed by atoms with Crippen LogP contribution in [0.5, 0.6) is 0 Å². The number of hydrogen-bond acceptors (Lipinski definition) is 8. The van der Waals surface area contributed by atoms with Crippen LogP contribution in [0.2, 0.25) is 0 Å². The number of aliphatic hydroxyl groups excluding tert-OH is 1. The summed E-state index contributed by atoms with van der Waals surface area (Å²) in [5.41, 5.74) is 6.32. The highest BCUT2D eigenvalue weighted by Gasteiger charge is 2.30. The smallest absolute Gasteiger partial charge is 0.200 e. The van der Waals surface area contributed by atoms with E-state index in [1.807, 2.05) is 13.8 Å². The van der Waals surface area contributed by atoms with Gasteiger partial charge in [0.05, 0.1) is 10.00 Å². The average molecular weight is 628 g/mol. The van der Waals surface area contributed by atoms with E-state index in [0.29, 0.717) is 21.3 Å². The van der Waals surface area contributed by atoms with Crippen molar-refractivity contribution in [2.24, 2.45) is 23.5 Å². The Kier molecular flexibility index (Phi) is 11.9. The van der Waals surface area contributed by atoms with Crippen LogP contribution in [0.25, 0.3) is 0 Å². The van der Waals surface area contributed by atoms with Gasteiger partial charge in [0, 0.05) is 33.0 Å². The van der Waals surface area contributed by atoms with Crippen molar-refractivity contribution in [1.82, 2.24) is 14.8 Å². The number of allylic oxidation sites excluding steroid dienone is 2. The van der Waals surface area contributed by atoms with Gasteiger partial charge in [-0.15, -0.1) is 11.3 Å². The average Bonchev–Trinajstić information content (AvgIpc) is 3.34. The van der Waals surface area contributed by atoms with Gasteiger partial charge in [-0.3, -0.25) is 9.59 Å². The fraction of sp³-hybridized carbons (Fsp3) is 0.714. The molecular weight excluding hydrogens is 584 g/mol. The van der Waals surface area contributed by atoms with Crippen molar-refractivity contribution in [2.75, 3.05) is 40.3 Å². The predicted octanol–water partition coefficient (Wildman–Crippen LogP) is 5.48. The number of nitrogens with zero attached hydrogens (tertiary/aromatic N) is 3. The number of ketones is 2. The molecule has 2 atom stereocenters. The molecule has 1 aromatic heterocycles. The van der Waals surface area contributed by atoms with Crippen LogP contribution in [0, 0.1) is 17.8 Å². The van der Waals surface area contributed by atoms with Crippen LogP contribution in [0.15, 0.2) is 10.2 Å². The summed E-state index contributed by atoms with van der Waals surface area (Å²) in [7, 11) is 4.31. The first-order valence-corrected chi connectivity index (χ1v) is 15.8. The molecule has 4 aliphatic rings. The van der Waals surface area contributed by atoms with Gasteiger partial charge in [-0.1, -0.05) is 42.0 Å². The normalized spacial score (nSPS) is 25.7. The molecule has 0 aromatic carbocycles. The molecule has 0 saturated carbocycles. The van der Waals surface area contributed by atoms with Crippen LogP contribution in [0.3, 0.4) is 0 Å². The number of thiazole rings is 1. The highest BCUT2D eigenvalue weighted by molar-refractivity contribution is 9.11. The fourth-order valence-corrected chi connectivity index (χ4v) is 7.04. The second-order valence-corrected chi connectivity index (χ2v) is 13.8. The lowest BCUT2D eigenvalue weighted by molar-refractivity contribution is -0.121. The van der Waals surface area contributed by atoms with Gasteiger partial charge >= 0.3 is 0 Å². The van der Waals surface area contributed by atoms with Crippen LogP contribution in [-0.2, 0) is 11.2 Å². The van der Waals surface area contributed by atoms with Crippen LogP contribution in [0.4, 0.5) is 0 Å². The monoisotopic (exact) mass is 626 g/mol. The van der Waals surface area contributed by atoms with Crippen molar-refractivity contribution in [3.63, 3.8) is 0 Å². The molecule has 2 unspecified atom stereocenters. The number of aryl methyl sites for hydroxylation is 1. The third-order valence-electron chi connectivity index (χ3n) is 8.12. The summed E-state index contributed by atoms with van der Waals surface area (Å²) in [5.74, 6) is 1.29. The molecule has 10 heteroatoms. The predicted molar refractivity (Wildman–Crippen MR) is 162 cm³/mol. The van der Waals surface area contributed by atoms with Gasteiger partial charge in [-0.2, -0.15) is 0 Å². The zero-order valence-electron chi connectivity index (χ0n) is 23.2. The summed E-state index contributed by atoms with van der Waals surface area (Å²) in [6, 6.07) is 0. The Morgan fingerprint density at radius 1 is 0.947 bits per heavy atom. The van der Waals surface area contributed by atoms with Gasteiger partial charge in [-0.05, 0) is 91.6 Å². The maximum absolute atomic E-state index is 12.1. The number of hydrogen-bond donors (Lipinski definition) is 2. The highest BCUT2D eigenvalue weighted by Crippen LogP contribution is 2.36. The highest BCUT2D eigenvalue weighted by atomic mass is 79.9. The van der Waals surface area contributed by atoms with Crippen molar-refractivity contribution in [1.29, 1.82) is 0 Å². The number of rotatable bonds is 2. The van der Waals surface area contributed by atoms with Crippen LogP contribution < -0.4 is 5.73 Å².